The lowest BCUT2D eigenvalue weighted by Crippen LogP contribution is -2.30. The number of carbonyl (C=O) groups excluding carboxylic acids is 2. The summed E-state index contributed by atoms with van der Waals surface area (Å²) in [7, 11) is 0. The number of hydrogen-bond donors (Lipinski definition) is 1. The van der Waals surface area contributed by atoms with Gasteiger partial charge in [0.15, 0.2) is 6.39 Å². The topological polar surface area (TPSA) is 89.4 Å². The minimum absolute atomic E-state index is 0.0210. The van der Waals surface area contributed by atoms with Crippen molar-refractivity contribution in [1.82, 2.24) is 9.88 Å². The molecule has 1 aliphatic heterocycles. The fraction of sp³-hybridized carbons (Fsp3) is 0.500. The number of primary amides is 1. The summed E-state index contributed by atoms with van der Waals surface area (Å²) < 4.78 is 4.83. The van der Waals surface area contributed by atoms with Crippen LogP contribution in [0.1, 0.15) is 12.1 Å². The van der Waals surface area contributed by atoms with Crippen LogP contribution in [0.4, 0.5) is 0 Å². The van der Waals surface area contributed by atoms with Gasteiger partial charge in [-0.2, -0.15) is 0 Å². The maximum atomic E-state index is 11.5. The predicted molar refractivity (Wildman–Crippen MR) is 54.1 cm³/mol. The molecular formula is C10H13N3O3. The average molecular weight is 223 g/mol. The average Bonchev–Trinajstić information content (AvgIpc) is 2.84. The van der Waals surface area contributed by atoms with Crippen molar-refractivity contribution in [2.45, 2.75) is 12.8 Å². The molecule has 1 aliphatic rings. The maximum Gasteiger partial charge on any atom is 0.223 e. The van der Waals surface area contributed by atoms with E-state index in [9.17, 15) is 9.59 Å². The second-order valence-electron chi connectivity index (χ2n) is 3.87. The lowest BCUT2D eigenvalue weighted by Gasteiger charge is -2.14. The summed E-state index contributed by atoms with van der Waals surface area (Å²) in [5.41, 5.74) is 5.97. The first-order valence-corrected chi connectivity index (χ1v) is 5.11. The molecular weight excluding hydrogens is 210 g/mol. The van der Waals surface area contributed by atoms with Crippen LogP contribution in [0, 0.1) is 5.92 Å². The Morgan fingerprint density at radius 1 is 1.69 bits per heavy atom. The Morgan fingerprint density at radius 2 is 2.50 bits per heavy atom. The monoisotopic (exact) mass is 223 g/mol. The van der Waals surface area contributed by atoms with Crippen LogP contribution in [0.15, 0.2) is 17.1 Å². The van der Waals surface area contributed by atoms with Gasteiger partial charge in [0, 0.05) is 25.9 Å². The van der Waals surface area contributed by atoms with Gasteiger partial charge in [-0.3, -0.25) is 9.59 Å². The van der Waals surface area contributed by atoms with Gasteiger partial charge < -0.3 is 15.1 Å². The van der Waals surface area contributed by atoms with Crippen molar-refractivity contribution in [3.63, 3.8) is 0 Å². The molecule has 16 heavy (non-hydrogen) atoms. The molecule has 2 N–H and O–H groups in total. The number of nitrogens with two attached hydrogens (primary N) is 1. The number of likely N-dealkylation sites (tertiary alicyclic amines) is 1. The van der Waals surface area contributed by atoms with Crippen molar-refractivity contribution in [3.05, 3.63) is 18.4 Å². The molecule has 0 bridgehead atoms. The molecule has 0 radical (unpaired) electrons. The molecule has 86 valence electrons. The zero-order valence-electron chi connectivity index (χ0n) is 8.76. The fourth-order valence-electron chi connectivity index (χ4n) is 1.79. The van der Waals surface area contributed by atoms with Gasteiger partial charge in [-0.1, -0.05) is 0 Å². The third-order valence-electron chi connectivity index (χ3n) is 2.74. The fourth-order valence-corrected chi connectivity index (χ4v) is 1.79. The first kappa shape index (κ1) is 10.7. The summed E-state index contributed by atoms with van der Waals surface area (Å²) >= 11 is 0. The SMILES string of the molecule is NC(=O)C1CC(=O)N(CCc2cocn2)C1. The first-order valence-electron chi connectivity index (χ1n) is 5.11. The molecule has 1 saturated heterocycles. The summed E-state index contributed by atoms with van der Waals surface area (Å²) in [6.07, 6.45) is 3.77. The molecule has 0 spiro atoms. The molecule has 6 nitrogen and oxygen atoms in total. The van der Waals surface area contributed by atoms with Crippen LogP contribution >= 0.6 is 0 Å². The standard InChI is InChI=1S/C10H13N3O3/c11-10(15)7-3-9(14)13(4-7)2-1-8-5-16-6-12-8/h5-7H,1-4H2,(H2,11,15). The van der Waals surface area contributed by atoms with E-state index in [4.69, 9.17) is 10.2 Å². The number of rotatable bonds is 4. The van der Waals surface area contributed by atoms with Crippen LogP contribution in [-0.2, 0) is 16.0 Å². The molecule has 1 atom stereocenters. The number of hydrogen-bond acceptors (Lipinski definition) is 4. The van der Waals surface area contributed by atoms with Gasteiger partial charge in [0.25, 0.3) is 0 Å². The molecule has 0 aromatic carbocycles. The van der Waals surface area contributed by atoms with Crippen LogP contribution in [0.25, 0.3) is 0 Å². The highest BCUT2D eigenvalue weighted by molar-refractivity contribution is 5.88. The van der Waals surface area contributed by atoms with Crippen molar-refractivity contribution < 1.29 is 14.0 Å². The Bertz CT molecular complexity index is 388. The highest BCUT2D eigenvalue weighted by atomic mass is 16.3. The van der Waals surface area contributed by atoms with E-state index in [1.165, 1.54) is 6.39 Å². The highest BCUT2D eigenvalue weighted by Gasteiger charge is 2.32. The molecule has 1 aromatic rings. The zero-order chi connectivity index (χ0) is 11.5. The van der Waals surface area contributed by atoms with Crippen molar-refractivity contribution in [3.8, 4) is 0 Å². The Balaban J connectivity index is 1.87. The summed E-state index contributed by atoms with van der Waals surface area (Å²) in [4.78, 5) is 28.1. The van der Waals surface area contributed by atoms with Crippen molar-refractivity contribution in [2.24, 2.45) is 11.7 Å². The number of oxazole rings is 1. The Hall–Kier alpha value is -1.85. The number of carbonyl (C=O) groups is 2. The van der Waals surface area contributed by atoms with Crippen molar-refractivity contribution in [2.75, 3.05) is 13.1 Å². The van der Waals surface area contributed by atoms with E-state index in [0.29, 0.717) is 19.5 Å². The zero-order valence-corrected chi connectivity index (χ0v) is 8.76. The summed E-state index contributed by atoms with van der Waals surface area (Å²) in [6.45, 7) is 0.973. The summed E-state index contributed by atoms with van der Waals surface area (Å²) in [5, 5.41) is 0. The van der Waals surface area contributed by atoms with Gasteiger partial charge in [-0.15, -0.1) is 0 Å². The Morgan fingerprint density at radius 3 is 3.06 bits per heavy atom. The highest BCUT2D eigenvalue weighted by Crippen LogP contribution is 2.17. The van der Waals surface area contributed by atoms with E-state index in [1.807, 2.05) is 0 Å². The molecule has 0 saturated carbocycles. The normalized spacial score (nSPS) is 20.4. The van der Waals surface area contributed by atoms with Crippen LogP contribution in [0.5, 0.6) is 0 Å². The minimum atomic E-state index is -0.405. The van der Waals surface area contributed by atoms with E-state index < -0.39 is 5.91 Å². The smallest absolute Gasteiger partial charge is 0.223 e. The van der Waals surface area contributed by atoms with Crippen molar-refractivity contribution >= 4 is 11.8 Å². The van der Waals surface area contributed by atoms with Gasteiger partial charge in [0.1, 0.15) is 6.26 Å². The molecule has 2 amide bonds. The summed E-state index contributed by atoms with van der Waals surface area (Å²) in [6, 6.07) is 0. The van der Waals surface area contributed by atoms with Gasteiger partial charge >= 0.3 is 0 Å². The lowest BCUT2D eigenvalue weighted by molar-refractivity contribution is -0.128. The molecule has 1 aromatic heterocycles. The van der Waals surface area contributed by atoms with Crippen LogP contribution < -0.4 is 5.73 Å². The number of aromatic nitrogens is 1. The first-order chi connectivity index (χ1) is 7.66. The van der Waals surface area contributed by atoms with Crippen LogP contribution in [-0.4, -0.2) is 34.8 Å². The molecule has 1 unspecified atom stereocenters. The van der Waals surface area contributed by atoms with Crippen LogP contribution in [0.3, 0.4) is 0 Å². The quantitative estimate of drug-likeness (QED) is 0.748. The van der Waals surface area contributed by atoms with Gasteiger partial charge in [-0.05, 0) is 0 Å². The molecule has 2 rings (SSSR count). The summed E-state index contributed by atoms with van der Waals surface area (Å²) in [5.74, 6) is -0.769. The van der Waals surface area contributed by atoms with E-state index in [1.54, 1.807) is 11.2 Å². The van der Waals surface area contributed by atoms with Gasteiger partial charge in [0.05, 0.1) is 11.6 Å². The second kappa shape index (κ2) is 4.34. The largest absolute Gasteiger partial charge is 0.451 e. The van der Waals surface area contributed by atoms with Crippen molar-refractivity contribution in [1.29, 1.82) is 0 Å². The number of amides is 2. The number of nitrogens with zero attached hydrogens (tertiary/aromatic N) is 2. The van der Waals surface area contributed by atoms with Gasteiger partial charge in [-0.25, -0.2) is 4.98 Å². The molecule has 2 heterocycles. The minimum Gasteiger partial charge on any atom is -0.451 e. The Labute approximate surface area is 92.4 Å². The second-order valence-corrected chi connectivity index (χ2v) is 3.87. The van der Waals surface area contributed by atoms with E-state index in [2.05, 4.69) is 4.98 Å². The van der Waals surface area contributed by atoms with E-state index in [0.717, 1.165) is 5.69 Å². The van der Waals surface area contributed by atoms with E-state index in [-0.39, 0.29) is 18.2 Å². The lowest BCUT2D eigenvalue weighted by atomic mass is 10.1. The molecule has 1 fully saturated rings. The van der Waals surface area contributed by atoms with Crippen LogP contribution in [0.2, 0.25) is 0 Å². The van der Waals surface area contributed by atoms with Gasteiger partial charge in [0.2, 0.25) is 11.8 Å². The molecule has 0 aliphatic carbocycles. The Kier molecular flexibility index (Phi) is 2.89. The third-order valence-corrected chi connectivity index (χ3v) is 2.74. The third kappa shape index (κ3) is 2.21. The van der Waals surface area contributed by atoms with E-state index >= 15 is 0 Å². The maximum absolute atomic E-state index is 11.5. The predicted octanol–water partition coefficient (Wildman–Crippen LogP) is -0.449. The molecule has 6 heteroatoms.